The number of hydrogen-bond donors (Lipinski definition) is 1. The molecule has 1 aromatic carbocycles. The second kappa shape index (κ2) is 7.92. The lowest BCUT2D eigenvalue weighted by molar-refractivity contribution is -0.120. The maximum Gasteiger partial charge on any atom is 0.229 e. The molecule has 0 aromatic heterocycles. The molecule has 0 saturated heterocycles. The van der Waals surface area contributed by atoms with E-state index >= 15 is 0 Å². The van der Waals surface area contributed by atoms with Crippen molar-refractivity contribution in [1.29, 1.82) is 0 Å². The number of carbonyl (C=O) groups is 1. The van der Waals surface area contributed by atoms with Gasteiger partial charge >= 0.3 is 0 Å². The monoisotopic (exact) mass is 264 g/mol. The van der Waals surface area contributed by atoms with E-state index in [4.69, 9.17) is 10.5 Å². The molecule has 0 radical (unpaired) electrons. The smallest absolute Gasteiger partial charge is 0.229 e. The van der Waals surface area contributed by atoms with Gasteiger partial charge in [0, 0.05) is 24.9 Å². The van der Waals surface area contributed by atoms with Gasteiger partial charge in [0.2, 0.25) is 5.91 Å². The minimum absolute atomic E-state index is 0.0870. The Bertz CT molecular complexity index is 388. The van der Waals surface area contributed by atoms with Gasteiger partial charge in [-0.15, -0.1) is 0 Å². The average molecular weight is 264 g/mol. The molecule has 106 valence electrons. The van der Waals surface area contributed by atoms with Crippen molar-refractivity contribution in [3.05, 3.63) is 29.8 Å². The molecule has 0 fully saturated rings. The third-order valence-corrected chi connectivity index (χ3v) is 2.90. The Morgan fingerprint density at radius 2 is 1.95 bits per heavy atom. The fourth-order valence-electron chi connectivity index (χ4n) is 1.95. The van der Waals surface area contributed by atoms with E-state index in [1.54, 1.807) is 4.90 Å². The van der Waals surface area contributed by atoms with Crippen LogP contribution in [0.1, 0.15) is 32.8 Å². The SMILES string of the molecule is CCOCCC(=O)N(c1ccc(CN)cc1)C(C)C. The molecule has 4 nitrogen and oxygen atoms in total. The van der Waals surface area contributed by atoms with Gasteiger partial charge in [-0.05, 0) is 38.5 Å². The molecule has 0 aliphatic heterocycles. The topological polar surface area (TPSA) is 55.6 Å². The number of nitrogens with two attached hydrogens (primary N) is 1. The number of benzene rings is 1. The minimum Gasteiger partial charge on any atom is -0.381 e. The van der Waals surface area contributed by atoms with E-state index in [2.05, 4.69) is 0 Å². The van der Waals surface area contributed by atoms with Gasteiger partial charge in [-0.2, -0.15) is 0 Å². The van der Waals surface area contributed by atoms with Gasteiger partial charge in [0.05, 0.1) is 13.0 Å². The number of amides is 1. The summed E-state index contributed by atoms with van der Waals surface area (Å²) >= 11 is 0. The largest absolute Gasteiger partial charge is 0.381 e. The van der Waals surface area contributed by atoms with Crippen molar-refractivity contribution in [3.8, 4) is 0 Å². The molecule has 0 aliphatic carbocycles. The highest BCUT2D eigenvalue weighted by atomic mass is 16.5. The van der Waals surface area contributed by atoms with E-state index in [9.17, 15) is 4.79 Å². The van der Waals surface area contributed by atoms with Crippen LogP contribution in [0.5, 0.6) is 0 Å². The summed E-state index contributed by atoms with van der Waals surface area (Å²) in [5.41, 5.74) is 7.55. The summed E-state index contributed by atoms with van der Waals surface area (Å²) in [6, 6.07) is 7.93. The molecule has 0 spiro atoms. The molecule has 0 heterocycles. The standard InChI is InChI=1S/C15H24N2O2/c1-4-19-10-9-15(18)17(12(2)3)14-7-5-13(11-16)6-8-14/h5-8,12H,4,9-11,16H2,1-3H3. The molecular formula is C15H24N2O2. The Labute approximate surface area is 115 Å². The lowest BCUT2D eigenvalue weighted by Crippen LogP contribution is -2.37. The van der Waals surface area contributed by atoms with Crippen LogP contribution in [0, 0.1) is 0 Å². The fourth-order valence-corrected chi connectivity index (χ4v) is 1.95. The number of nitrogens with zero attached hydrogens (tertiary/aromatic N) is 1. The Morgan fingerprint density at radius 1 is 1.32 bits per heavy atom. The van der Waals surface area contributed by atoms with Crippen LogP contribution in [-0.2, 0) is 16.1 Å². The first-order valence-electron chi connectivity index (χ1n) is 6.79. The molecule has 4 heteroatoms. The van der Waals surface area contributed by atoms with E-state index in [1.165, 1.54) is 0 Å². The summed E-state index contributed by atoms with van der Waals surface area (Å²) in [5.74, 6) is 0.0870. The van der Waals surface area contributed by atoms with Crippen LogP contribution < -0.4 is 10.6 Å². The minimum atomic E-state index is 0.0870. The first-order chi connectivity index (χ1) is 9.10. The van der Waals surface area contributed by atoms with Crippen molar-refractivity contribution in [2.45, 2.75) is 39.8 Å². The molecule has 0 unspecified atom stereocenters. The van der Waals surface area contributed by atoms with E-state index in [-0.39, 0.29) is 11.9 Å². The number of rotatable bonds is 7. The zero-order chi connectivity index (χ0) is 14.3. The van der Waals surface area contributed by atoms with E-state index in [0.29, 0.717) is 26.2 Å². The van der Waals surface area contributed by atoms with Crippen molar-refractivity contribution in [1.82, 2.24) is 0 Å². The highest BCUT2D eigenvalue weighted by Crippen LogP contribution is 2.19. The third kappa shape index (κ3) is 4.65. The number of ether oxygens (including phenoxy) is 1. The Morgan fingerprint density at radius 3 is 2.42 bits per heavy atom. The predicted octanol–water partition coefficient (Wildman–Crippen LogP) is 2.31. The summed E-state index contributed by atoms with van der Waals surface area (Å²) < 4.78 is 5.24. The average Bonchev–Trinajstić information content (AvgIpc) is 2.39. The van der Waals surface area contributed by atoms with Gasteiger partial charge in [-0.25, -0.2) is 0 Å². The second-order valence-electron chi connectivity index (χ2n) is 4.67. The predicted molar refractivity (Wildman–Crippen MR) is 78.1 cm³/mol. The lowest BCUT2D eigenvalue weighted by atomic mass is 10.1. The summed E-state index contributed by atoms with van der Waals surface area (Å²) in [6.45, 7) is 7.57. The van der Waals surface area contributed by atoms with Gasteiger partial charge in [0.1, 0.15) is 0 Å². The van der Waals surface area contributed by atoms with Gasteiger partial charge in [-0.1, -0.05) is 12.1 Å². The van der Waals surface area contributed by atoms with Crippen LogP contribution in [0.2, 0.25) is 0 Å². The van der Waals surface area contributed by atoms with Crippen LogP contribution in [0.3, 0.4) is 0 Å². The van der Waals surface area contributed by atoms with Crippen LogP contribution in [0.15, 0.2) is 24.3 Å². The number of anilines is 1. The molecule has 2 N–H and O–H groups in total. The molecule has 0 saturated carbocycles. The van der Waals surface area contributed by atoms with Crippen molar-refractivity contribution >= 4 is 11.6 Å². The van der Waals surface area contributed by atoms with E-state index in [0.717, 1.165) is 11.3 Å². The molecular weight excluding hydrogens is 240 g/mol. The second-order valence-corrected chi connectivity index (χ2v) is 4.67. The van der Waals surface area contributed by atoms with Crippen LogP contribution in [0.25, 0.3) is 0 Å². The van der Waals surface area contributed by atoms with Crippen molar-refractivity contribution in [3.63, 3.8) is 0 Å². The third-order valence-electron chi connectivity index (χ3n) is 2.90. The van der Waals surface area contributed by atoms with Crippen LogP contribution >= 0.6 is 0 Å². The zero-order valence-electron chi connectivity index (χ0n) is 12.1. The summed E-state index contributed by atoms with van der Waals surface area (Å²) in [5, 5.41) is 0. The molecule has 1 amide bonds. The van der Waals surface area contributed by atoms with Crippen molar-refractivity contribution in [2.75, 3.05) is 18.1 Å². The summed E-state index contributed by atoms with van der Waals surface area (Å²) in [6.07, 6.45) is 0.407. The number of hydrogen-bond acceptors (Lipinski definition) is 3. The van der Waals surface area contributed by atoms with Crippen LogP contribution in [0.4, 0.5) is 5.69 Å². The Kier molecular flexibility index (Phi) is 6.53. The van der Waals surface area contributed by atoms with Gasteiger partial charge < -0.3 is 15.4 Å². The zero-order valence-corrected chi connectivity index (χ0v) is 12.1. The van der Waals surface area contributed by atoms with Crippen molar-refractivity contribution < 1.29 is 9.53 Å². The first kappa shape index (κ1) is 15.7. The number of carbonyl (C=O) groups excluding carboxylic acids is 1. The normalized spacial score (nSPS) is 10.8. The molecule has 1 aromatic rings. The highest BCUT2D eigenvalue weighted by Gasteiger charge is 2.18. The van der Waals surface area contributed by atoms with Crippen LogP contribution in [-0.4, -0.2) is 25.2 Å². The molecule has 0 bridgehead atoms. The first-order valence-corrected chi connectivity index (χ1v) is 6.79. The molecule has 0 atom stereocenters. The summed E-state index contributed by atoms with van der Waals surface area (Å²) in [4.78, 5) is 14.0. The van der Waals surface area contributed by atoms with Crippen molar-refractivity contribution in [2.24, 2.45) is 5.73 Å². The van der Waals surface area contributed by atoms with E-state index in [1.807, 2.05) is 45.0 Å². The quantitative estimate of drug-likeness (QED) is 0.769. The van der Waals surface area contributed by atoms with E-state index < -0.39 is 0 Å². The molecule has 0 aliphatic rings. The van der Waals surface area contributed by atoms with Gasteiger partial charge in [0.15, 0.2) is 0 Å². The molecule has 19 heavy (non-hydrogen) atoms. The van der Waals surface area contributed by atoms with Gasteiger partial charge in [0.25, 0.3) is 0 Å². The molecule has 1 rings (SSSR count). The maximum atomic E-state index is 12.2. The highest BCUT2D eigenvalue weighted by molar-refractivity contribution is 5.93. The Balaban J connectivity index is 2.78. The fraction of sp³-hybridized carbons (Fsp3) is 0.533. The van der Waals surface area contributed by atoms with Gasteiger partial charge in [-0.3, -0.25) is 4.79 Å². The lowest BCUT2D eigenvalue weighted by Gasteiger charge is -2.27. The summed E-state index contributed by atoms with van der Waals surface area (Å²) in [7, 11) is 0. The Hall–Kier alpha value is -1.39. The maximum absolute atomic E-state index is 12.2.